The van der Waals surface area contributed by atoms with E-state index >= 15 is 0 Å². The average molecular weight is 307 g/mol. The van der Waals surface area contributed by atoms with Gasteiger partial charge in [-0.3, -0.25) is 4.79 Å². The molecule has 0 saturated carbocycles. The Morgan fingerprint density at radius 2 is 2.00 bits per heavy atom. The first-order valence-corrected chi connectivity index (χ1v) is 7.33. The fourth-order valence-electron chi connectivity index (χ4n) is 1.63. The van der Waals surface area contributed by atoms with Gasteiger partial charge in [-0.05, 0) is 35.7 Å². The van der Waals surface area contributed by atoms with Crippen LogP contribution in [0.3, 0.4) is 0 Å². The third-order valence-corrected chi connectivity index (χ3v) is 3.61. The van der Waals surface area contributed by atoms with Crippen molar-refractivity contribution in [2.24, 2.45) is 0 Å². The number of ether oxygens (including phenoxy) is 2. The van der Waals surface area contributed by atoms with E-state index in [0.29, 0.717) is 10.6 Å². The zero-order valence-corrected chi connectivity index (χ0v) is 12.4. The van der Waals surface area contributed by atoms with Crippen LogP contribution in [0.15, 0.2) is 41.8 Å². The number of rotatable bonds is 7. The summed E-state index contributed by atoms with van der Waals surface area (Å²) in [6.07, 6.45) is -0.768. The highest BCUT2D eigenvalue weighted by molar-refractivity contribution is 7.12. The number of aliphatic hydroxyl groups excluding tert-OH is 1. The van der Waals surface area contributed by atoms with Crippen LogP contribution >= 0.6 is 11.3 Å². The Hall–Kier alpha value is -2.05. The van der Waals surface area contributed by atoms with Crippen LogP contribution in [-0.4, -0.2) is 37.4 Å². The fourth-order valence-corrected chi connectivity index (χ4v) is 2.27. The van der Waals surface area contributed by atoms with Crippen molar-refractivity contribution in [1.29, 1.82) is 0 Å². The van der Waals surface area contributed by atoms with E-state index in [2.05, 4.69) is 5.32 Å². The summed E-state index contributed by atoms with van der Waals surface area (Å²) in [6, 6.07) is 10.6. The maximum atomic E-state index is 11.7. The number of aliphatic hydroxyl groups is 1. The molecule has 0 bridgehead atoms. The van der Waals surface area contributed by atoms with E-state index in [9.17, 15) is 9.90 Å². The lowest BCUT2D eigenvalue weighted by Crippen LogP contribution is -2.34. The van der Waals surface area contributed by atoms with Crippen LogP contribution < -0.4 is 14.8 Å². The van der Waals surface area contributed by atoms with Crippen molar-refractivity contribution < 1.29 is 19.4 Å². The van der Waals surface area contributed by atoms with E-state index in [-0.39, 0.29) is 19.1 Å². The molecule has 6 heteroatoms. The standard InChI is InChI=1S/C15H17NO4S/c1-19-12-4-6-13(7-5-12)20-10-11(17)9-16-15(18)14-3-2-8-21-14/h2-8,11,17H,9-10H2,1H3,(H,16,18)/t11-/m0/s1. The van der Waals surface area contributed by atoms with Crippen molar-refractivity contribution >= 4 is 17.2 Å². The summed E-state index contributed by atoms with van der Waals surface area (Å²) in [5, 5.41) is 14.3. The summed E-state index contributed by atoms with van der Waals surface area (Å²) in [5.41, 5.74) is 0. The highest BCUT2D eigenvalue weighted by atomic mass is 32.1. The first-order valence-electron chi connectivity index (χ1n) is 6.45. The minimum atomic E-state index is -0.768. The smallest absolute Gasteiger partial charge is 0.261 e. The van der Waals surface area contributed by atoms with Crippen LogP contribution in [0.4, 0.5) is 0 Å². The number of amides is 1. The van der Waals surface area contributed by atoms with Gasteiger partial charge in [0, 0.05) is 6.54 Å². The van der Waals surface area contributed by atoms with Crippen molar-refractivity contribution in [2.75, 3.05) is 20.3 Å². The molecule has 0 radical (unpaired) electrons. The number of thiophene rings is 1. The summed E-state index contributed by atoms with van der Waals surface area (Å²) in [7, 11) is 1.59. The third kappa shape index (κ3) is 4.77. The summed E-state index contributed by atoms with van der Waals surface area (Å²) < 4.78 is 10.5. The van der Waals surface area contributed by atoms with Crippen LogP contribution in [0, 0.1) is 0 Å². The highest BCUT2D eigenvalue weighted by Crippen LogP contribution is 2.17. The zero-order valence-electron chi connectivity index (χ0n) is 11.6. The van der Waals surface area contributed by atoms with Crippen molar-refractivity contribution in [3.63, 3.8) is 0 Å². The Bertz CT molecular complexity index is 554. The van der Waals surface area contributed by atoms with Crippen LogP contribution in [0.1, 0.15) is 9.67 Å². The van der Waals surface area contributed by atoms with Gasteiger partial charge in [0.25, 0.3) is 5.91 Å². The monoisotopic (exact) mass is 307 g/mol. The Morgan fingerprint density at radius 1 is 1.29 bits per heavy atom. The Balaban J connectivity index is 1.71. The van der Waals surface area contributed by atoms with Gasteiger partial charge in [-0.25, -0.2) is 0 Å². The second-order valence-electron chi connectivity index (χ2n) is 4.33. The van der Waals surface area contributed by atoms with Gasteiger partial charge in [-0.15, -0.1) is 11.3 Å². The molecule has 0 fully saturated rings. The molecule has 112 valence electrons. The molecule has 1 amide bonds. The van der Waals surface area contributed by atoms with Crippen molar-refractivity contribution in [2.45, 2.75) is 6.10 Å². The second-order valence-corrected chi connectivity index (χ2v) is 5.28. The van der Waals surface area contributed by atoms with Gasteiger partial charge in [-0.2, -0.15) is 0 Å². The minimum Gasteiger partial charge on any atom is -0.497 e. The first kappa shape index (κ1) is 15.3. The number of benzene rings is 1. The molecule has 2 aromatic rings. The van der Waals surface area contributed by atoms with E-state index in [1.807, 2.05) is 11.4 Å². The average Bonchev–Trinajstić information content (AvgIpc) is 3.05. The number of carbonyl (C=O) groups is 1. The first-order chi connectivity index (χ1) is 10.2. The Labute approximate surface area is 127 Å². The molecule has 1 aromatic carbocycles. The van der Waals surface area contributed by atoms with Crippen LogP contribution in [0.2, 0.25) is 0 Å². The minimum absolute atomic E-state index is 0.108. The third-order valence-electron chi connectivity index (χ3n) is 2.75. The second kappa shape index (κ2) is 7.66. The van der Waals surface area contributed by atoms with Gasteiger partial charge >= 0.3 is 0 Å². The molecule has 21 heavy (non-hydrogen) atoms. The number of hydrogen-bond donors (Lipinski definition) is 2. The largest absolute Gasteiger partial charge is 0.497 e. The van der Waals surface area contributed by atoms with Crippen LogP contribution in [0.25, 0.3) is 0 Å². The van der Waals surface area contributed by atoms with E-state index in [4.69, 9.17) is 9.47 Å². The van der Waals surface area contributed by atoms with Gasteiger partial charge < -0.3 is 19.9 Å². The quantitative estimate of drug-likeness (QED) is 0.820. The molecule has 0 spiro atoms. The SMILES string of the molecule is COc1ccc(OC[C@@H](O)CNC(=O)c2cccs2)cc1. The number of carbonyl (C=O) groups excluding carboxylic acids is 1. The topological polar surface area (TPSA) is 67.8 Å². The van der Waals surface area contributed by atoms with E-state index < -0.39 is 6.10 Å². The molecule has 0 aliphatic heterocycles. The zero-order chi connectivity index (χ0) is 15.1. The van der Waals surface area contributed by atoms with E-state index in [0.717, 1.165) is 5.75 Å². The lowest BCUT2D eigenvalue weighted by molar-refractivity contribution is 0.0847. The van der Waals surface area contributed by atoms with Crippen LogP contribution in [0.5, 0.6) is 11.5 Å². The molecule has 0 saturated heterocycles. The number of hydrogen-bond acceptors (Lipinski definition) is 5. The lowest BCUT2D eigenvalue weighted by Gasteiger charge is -2.13. The normalized spacial score (nSPS) is 11.7. The molecule has 1 atom stereocenters. The maximum Gasteiger partial charge on any atom is 0.261 e. The fraction of sp³-hybridized carbons (Fsp3) is 0.267. The molecule has 1 heterocycles. The van der Waals surface area contributed by atoms with Crippen molar-refractivity contribution in [3.8, 4) is 11.5 Å². The van der Waals surface area contributed by atoms with E-state index in [1.165, 1.54) is 11.3 Å². The van der Waals surface area contributed by atoms with Gasteiger partial charge in [0.2, 0.25) is 0 Å². The van der Waals surface area contributed by atoms with Gasteiger partial charge in [0.1, 0.15) is 24.2 Å². The molecular formula is C15H17NO4S. The Kier molecular flexibility index (Phi) is 5.59. The lowest BCUT2D eigenvalue weighted by atomic mass is 10.3. The summed E-state index contributed by atoms with van der Waals surface area (Å²) >= 11 is 1.36. The number of methoxy groups -OCH3 is 1. The molecule has 2 rings (SSSR count). The molecular weight excluding hydrogens is 290 g/mol. The van der Waals surface area contributed by atoms with Crippen LogP contribution in [-0.2, 0) is 0 Å². The number of nitrogens with one attached hydrogen (secondary N) is 1. The molecule has 1 aromatic heterocycles. The molecule has 2 N–H and O–H groups in total. The summed E-state index contributed by atoms with van der Waals surface area (Å²) in [6.45, 7) is 0.254. The van der Waals surface area contributed by atoms with Crippen molar-refractivity contribution in [1.82, 2.24) is 5.32 Å². The Morgan fingerprint density at radius 3 is 2.62 bits per heavy atom. The summed E-state index contributed by atoms with van der Waals surface area (Å²) in [5.74, 6) is 1.19. The molecule has 0 aliphatic rings. The van der Waals surface area contributed by atoms with E-state index in [1.54, 1.807) is 37.4 Å². The molecule has 5 nitrogen and oxygen atoms in total. The highest BCUT2D eigenvalue weighted by Gasteiger charge is 2.10. The maximum absolute atomic E-state index is 11.7. The van der Waals surface area contributed by atoms with Gasteiger partial charge in [0.05, 0.1) is 12.0 Å². The van der Waals surface area contributed by atoms with Gasteiger partial charge in [-0.1, -0.05) is 6.07 Å². The van der Waals surface area contributed by atoms with Gasteiger partial charge in [0.15, 0.2) is 0 Å². The predicted octanol–water partition coefficient (Wildman–Crippen LogP) is 1.93. The van der Waals surface area contributed by atoms with Crippen molar-refractivity contribution in [3.05, 3.63) is 46.7 Å². The molecule has 0 unspecified atom stereocenters. The predicted molar refractivity (Wildman–Crippen MR) is 81.1 cm³/mol. The molecule has 0 aliphatic carbocycles. The summed E-state index contributed by atoms with van der Waals surface area (Å²) in [4.78, 5) is 12.3.